The van der Waals surface area contributed by atoms with Crippen LogP contribution < -0.4 is 5.73 Å². The van der Waals surface area contributed by atoms with Gasteiger partial charge in [0.25, 0.3) is 0 Å². The molecule has 0 aliphatic heterocycles. The second kappa shape index (κ2) is 4.47. The van der Waals surface area contributed by atoms with Gasteiger partial charge in [0.1, 0.15) is 5.82 Å². The molecule has 0 aliphatic carbocycles. The zero-order chi connectivity index (χ0) is 12.6. The molecule has 1 atom stereocenters. The van der Waals surface area contributed by atoms with Crippen molar-refractivity contribution < 1.29 is 5.11 Å². The average Bonchev–Trinajstić information content (AvgIpc) is 2.66. The van der Waals surface area contributed by atoms with E-state index in [0.717, 1.165) is 22.4 Å². The summed E-state index contributed by atoms with van der Waals surface area (Å²) in [7, 11) is 1.98. The standard InChI is InChI=1S/C13H19N3O/c1-8(2)13-15-10-6-4-5-9(11(17)7-14)12(10)16(13)3/h4-6,8,11,17H,7,14H2,1-3H3. The molecule has 4 nitrogen and oxygen atoms in total. The van der Waals surface area contributed by atoms with Gasteiger partial charge in [-0.1, -0.05) is 26.0 Å². The molecule has 0 radical (unpaired) electrons. The Labute approximate surface area is 101 Å². The third-order valence-electron chi connectivity index (χ3n) is 3.06. The third kappa shape index (κ3) is 1.94. The maximum Gasteiger partial charge on any atom is 0.112 e. The summed E-state index contributed by atoms with van der Waals surface area (Å²) in [6.07, 6.45) is -0.630. The number of nitrogens with two attached hydrogens (primary N) is 1. The van der Waals surface area contributed by atoms with E-state index < -0.39 is 6.10 Å². The lowest BCUT2D eigenvalue weighted by atomic mass is 10.1. The lowest BCUT2D eigenvalue weighted by molar-refractivity contribution is 0.188. The molecule has 92 valence electrons. The first-order valence-corrected chi connectivity index (χ1v) is 5.89. The van der Waals surface area contributed by atoms with Crippen LogP contribution in [0.1, 0.15) is 37.3 Å². The van der Waals surface area contributed by atoms with Crippen molar-refractivity contribution in [3.63, 3.8) is 0 Å². The average molecular weight is 233 g/mol. The Balaban J connectivity index is 2.71. The van der Waals surface area contributed by atoms with Gasteiger partial charge in [-0.25, -0.2) is 4.98 Å². The Morgan fingerprint density at radius 1 is 1.41 bits per heavy atom. The lowest BCUT2D eigenvalue weighted by Gasteiger charge is -2.11. The Morgan fingerprint density at radius 3 is 2.71 bits per heavy atom. The summed E-state index contributed by atoms with van der Waals surface area (Å²) in [5, 5.41) is 9.93. The van der Waals surface area contributed by atoms with Crippen LogP contribution in [0.15, 0.2) is 18.2 Å². The topological polar surface area (TPSA) is 64.1 Å². The highest BCUT2D eigenvalue weighted by molar-refractivity contribution is 5.80. The quantitative estimate of drug-likeness (QED) is 0.848. The van der Waals surface area contributed by atoms with Crippen molar-refractivity contribution in [2.24, 2.45) is 12.8 Å². The SMILES string of the molecule is CC(C)c1nc2cccc(C(O)CN)c2n1C. The fourth-order valence-electron chi connectivity index (χ4n) is 2.23. The largest absolute Gasteiger partial charge is 0.387 e. The van der Waals surface area contributed by atoms with Crippen LogP contribution in [0.3, 0.4) is 0 Å². The second-order valence-corrected chi connectivity index (χ2v) is 4.65. The summed E-state index contributed by atoms with van der Waals surface area (Å²) in [5.41, 5.74) is 8.28. The Hall–Kier alpha value is -1.39. The Morgan fingerprint density at radius 2 is 2.12 bits per heavy atom. The Kier molecular flexibility index (Phi) is 3.17. The zero-order valence-electron chi connectivity index (χ0n) is 10.5. The molecule has 0 saturated heterocycles. The van der Waals surface area contributed by atoms with E-state index in [1.165, 1.54) is 0 Å². The number of hydrogen-bond donors (Lipinski definition) is 2. The first-order chi connectivity index (χ1) is 8.06. The predicted octanol–water partition coefficient (Wildman–Crippen LogP) is 1.69. The molecule has 0 bridgehead atoms. The van der Waals surface area contributed by atoms with E-state index in [9.17, 15) is 5.11 Å². The molecule has 2 rings (SSSR count). The van der Waals surface area contributed by atoms with Gasteiger partial charge >= 0.3 is 0 Å². The van der Waals surface area contributed by atoms with E-state index in [-0.39, 0.29) is 6.54 Å². The summed E-state index contributed by atoms with van der Waals surface area (Å²) >= 11 is 0. The molecule has 1 heterocycles. The summed E-state index contributed by atoms with van der Waals surface area (Å²) < 4.78 is 2.05. The number of rotatable bonds is 3. The van der Waals surface area contributed by atoms with E-state index in [0.29, 0.717) is 5.92 Å². The van der Waals surface area contributed by atoms with Gasteiger partial charge in [-0.2, -0.15) is 0 Å². The van der Waals surface area contributed by atoms with E-state index in [1.807, 2.05) is 29.8 Å². The molecule has 1 aromatic carbocycles. The lowest BCUT2D eigenvalue weighted by Crippen LogP contribution is -2.12. The van der Waals surface area contributed by atoms with Crippen molar-refractivity contribution in [3.05, 3.63) is 29.6 Å². The van der Waals surface area contributed by atoms with Crippen molar-refractivity contribution in [1.82, 2.24) is 9.55 Å². The molecule has 0 amide bonds. The van der Waals surface area contributed by atoms with Crippen molar-refractivity contribution >= 4 is 11.0 Å². The minimum absolute atomic E-state index is 0.224. The van der Waals surface area contributed by atoms with Crippen molar-refractivity contribution in [2.45, 2.75) is 25.9 Å². The molecule has 1 aromatic heterocycles. The van der Waals surface area contributed by atoms with Crippen LogP contribution in [0.2, 0.25) is 0 Å². The second-order valence-electron chi connectivity index (χ2n) is 4.65. The molecule has 1 unspecified atom stereocenters. The van der Waals surface area contributed by atoms with Crippen molar-refractivity contribution in [3.8, 4) is 0 Å². The highest BCUT2D eigenvalue weighted by Gasteiger charge is 2.16. The molecule has 3 N–H and O–H groups in total. The highest BCUT2D eigenvalue weighted by atomic mass is 16.3. The fraction of sp³-hybridized carbons (Fsp3) is 0.462. The van der Waals surface area contributed by atoms with Gasteiger partial charge in [-0.05, 0) is 6.07 Å². The fourth-order valence-corrected chi connectivity index (χ4v) is 2.23. The van der Waals surface area contributed by atoms with Crippen molar-refractivity contribution in [2.75, 3.05) is 6.54 Å². The van der Waals surface area contributed by atoms with Gasteiger partial charge in [-0.3, -0.25) is 0 Å². The molecular formula is C13H19N3O. The van der Waals surface area contributed by atoms with Gasteiger partial charge in [0, 0.05) is 25.1 Å². The number of aromatic nitrogens is 2. The molecule has 17 heavy (non-hydrogen) atoms. The number of imidazole rings is 1. The van der Waals surface area contributed by atoms with E-state index in [4.69, 9.17) is 5.73 Å². The van der Waals surface area contributed by atoms with Gasteiger partial charge in [0.05, 0.1) is 17.1 Å². The molecule has 2 aromatic rings. The molecule has 0 aliphatic rings. The monoisotopic (exact) mass is 233 g/mol. The van der Waals surface area contributed by atoms with Crippen LogP contribution in [0.25, 0.3) is 11.0 Å². The Bertz CT molecular complexity index is 531. The summed E-state index contributed by atoms with van der Waals surface area (Å²) in [6.45, 7) is 4.45. The first kappa shape index (κ1) is 12.1. The van der Waals surface area contributed by atoms with Crippen LogP contribution in [0.4, 0.5) is 0 Å². The summed E-state index contributed by atoms with van der Waals surface area (Å²) in [5.74, 6) is 1.38. The number of para-hydroxylation sites is 1. The van der Waals surface area contributed by atoms with Gasteiger partial charge in [0.15, 0.2) is 0 Å². The summed E-state index contributed by atoms with van der Waals surface area (Å²) in [6, 6.07) is 5.78. The van der Waals surface area contributed by atoms with Gasteiger partial charge in [-0.15, -0.1) is 0 Å². The maximum atomic E-state index is 9.93. The number of fused-ring (bicyclic) bond motifs is 1. The first-order valence-electron chi connectivity index (χ1n) is 5.89. The molecular weight excluding hydrogens is 214 g/mol. The number of aliphatic hydroxyl groups excluding tert-OH is 1. The summed E-state index contributed by atoms with van der Waals surface area (Å²) in [4.78, 5) is 4.60. The van der Waals surface area contributed by atoms with E-state index in [2.05, 4.69) is 18.8 Å². The van der Waals surface area contributed by atoms with E-state index >= 15 is 0 Å². The molecule has 0 saturated carbocycles. The number of aryl methyl sites for hydroxylation is 1. The minimum atomic E-state index is -0.630. The van der Waals surface area contributed by atoms with Gasteiger partial charge in [0.2, 0.25) is 0 Å². The van der Waals surface area contributed by atoms with Gasteiger partial charge < -0.3 is 15.4 Å². The van der Waals surface area contributed by atoms with E-state index in [1.54, 1.807) is 0 Å². The number of benzene rings is 1. The molecule has 4 heteroatoms. The zero-order valence-corrected chi connectivity index (χ0v) is 10.5. The van der Waals surface area contributed by atoms with Crippen LogP contribution in [-0.4, -0.2) is 21.2 Å². The smallest absolute Gasteiger partial charge is 0.112 e. The van der Waals surface area contributed by atoms with Crippen LogP contribution in [0.5, 0.6) is 0 Å². The third-order valence-corrected chi connectivity index (χ3v) is 3.06. The van der Waals surface area contributed by atoms with Crippen LogP contribution >= 0.6 is 0 Å². The molecule has 0 spiro atoms. The van der Waals surface area contributed by atoms with Crippen LogP contribution in [-0.2, 0) is 7.05 Å². The number of aliphatic hydroxyl groups is 1. The predicted molar refractivity (Wildman–Crippen MR) is 68.8 cm³/mol. The number of nitrogens with zero attached hydrogens (tertiary/aromatic N) is 2. The van der Waals surface area contributed by atoms with Crippen molar-refractivity contribution in [1.29, 1.82) is 0 Å². The highest BCUT2D eigenvalue weighted by Crippen LogP contribution is 2.26. The normalized spacial score (nSPS) is 13.5. The van der Waals surface area contributed by atoms with Crippen LogP contribution in [0, 0.1) is 0 Å². The minimum Gasteiger partial charge on any atom is -0.387 e. The number of hydrogen-bond acceptors (Lipinski definition) is 3. The molecule has 0 fully saturated rings. The maximum absolute atomic E-state index is 9.93.